The zero-order valence-electron chi connectivity index (χ0n) is 24.8. The van der Waals surface area contributed by atoms with Crippen molar-refractivity contribution in [1.29, 1.82) is 0 Å². The summed E-state index contributed by atoms with van der Waals surface area (Å²) < 4.78 is 36.7. The molecule has 0 bridgehead atoms. The quantitative estimate of drug-likeness (QED) is 0.171. The molecule has 3 heteroatoms. The van der Waals surface area contributed by atoms with Crippen LogP contribution in [0.5, 0.6) is 5.75 Å². The van der Waals surface area contributed by atoms with Gasteiger partial charge in [-0.3, -0.25) is 0 Å². The van der Waals surface area contributed by atoms with Crippen LogP contribution >= 0.6 is 0 Å². The number of hydrogen-bond acceptors (Lipinski definition) is 1. The number of alkyl halides is 2. The molecule has 0 unspecified atom stereocenters. The number of halogens is 2. The second-order valence-electron chi connectivity index (χ2n) is 12.7. The van der Waals surface area contributed by atoms with Gasteiger partial charge in [0.25, 0.3) is 5.92 Å². The lowest BCUT2D eigenvalue weighted by Crippen LogP contribution is -2.37. The van der Waals surface area contributed by atoms with E-state index >= 15 is 8.78 Å². The Bertz CT molecular complexity index is 722. The van der Waals surface area contributed by atoms with Gasteiger partial charge in [-0.2, -0.15) is 0 Å². The summed E-state index contributed by atoms with van der Waals surface area (Å²) in [4.78, 5) is 0. The van der Waals surface area contributed by atoms with Crippen molar-refractivity contribution in [3.05, 3.63) is 29.8 Å². The molecule has 1 aromatic carbocycles. The molecule has 2 saturated carbocycles. The summed E-state index contributed by atoms with van der Waals surface area (Å²) in [7, 11) is 0. The zero-order valence-corrected chi connectivity index (χ0v) is 24.8. The van der Waals surface area contributed by atoms with Crippen LogP contribution in [0.1, 0.15) is 160 Å². The van der Waals surface area contributed by atoms with E-state index in [9.17, 15) is 0 Å². The summed E-state index contributed by atoms with van der Waals surface area (Å²) in [6, 6.07) is 7.59. The third-order valence-electron chi connectivity index (χ3n) is 9.69. The second kappa shape index (κ2) is 17.5. The average molecular weight is 533 g/mol. The van der Waals surface area contributed by atoms with Crippen molar-refractivity contribution in [3.63, 3.8) is 0 Å². The molecule has 0 aliphatic heterocycles. The predicted molar refractivity (Wildman–Crippen MR) is 158 cm³/mol. The van der Waals surface area contributed by atoms with Gasteiger partial charge in [0.15, 0.2) is 0 Å². The number of benzene rings is 1. The fourth-order valence-electron chi connectivity index (χ4n) is 7.21. The molecule has 2 aliphatic carbocycles. The van der Waals surface area contributed by atoms with Gasteiger partial charge < -0.3 is 4.74 Å². The largest absolute Gasteiger partial charge is 0.494 e. The first-order valence-electron chi connectivity index (χ1n) is 16.6. The lowest BCUT2D eigenvalue weighted by molar-refractivity contribution is -0.0845. The first kappa shape index (κ1) is 31.4. The van der Waals surface area contributed by atoms with E-state index < -0.39 is 11.8 Å². The Labute approximate surface area is 233 Å². The van der Waals surface area contributed by atoms with Gasteiger partial charge in [-0.25, -0.2) is 8.78 Å². The van der Waals surface area contributed by atoms with Crippen LogP contribution in [0, 0.1) is 17.8 Å². The highest BCUT2D eigenvalue weighted by atomic mass is 19.3. The smallest absolute Gasteiger partial charge is 0.255 e. The van der Waals surface area contributed by atoms with Gasteiger partial charge in [-0.05, 0) is 67.6 Å². The fraction of sp³-hybridized carbons (Fsp3) is 0.829. The molecule has 0 radical (unpaired) electrons. The molecule has 1 nitrogen and oxygen atoms in total. The highest BCUT2D eigenvalue weighted by Gasteiger charge is 2.47. The Balaban J connectivity index is 1.34. The molecule has 0 aromatic heterocycles. The molecule has 3 rings (SSSR count). The average Bonchev–Trinajstić information content (AvgIpc) is 2.92. The van der Waals surface area contributed by atoms with Crippen molar-refractivity contribution in [3.8, 4) is 5.75 Å². The molecule has 2 aliphatic rings. The molecule has 1 aromatic rings. The molecule has 0 spiro atoms. The monoisotopic (exact) mass is 532 g/mol. The maximum atomic E-state index is 15.4. The first-order chi connectivity index (χ1) is 18.5. The van der Waals surface area contributed by atoms with Crippen LogP contribution in [0.2, 0.25) is 0 Å². The standard InChI is InChI=1S/C35H58F2O/c1-3-5-7-9-11-12-14-16-29-17-19-30(20-18-29)32-23-26-34(35(36,37)28-32)31-21-24-33(25-22-31)38-27-15-13-10-8-6-4-2/h21-22,24-25,29-30,32,34H,3-20,23,26-28H2,1-2H3/t29?,30?,32-,34+/m0/s1. The molecule has 0 N–H and O–H groups in total. The van der Waals surface area contributed by atoms with Gasteiger partial charge in [0.1, 0.15) is 5.75 Å². The van der Waals surface area contributed by atoms with Gasteiger partial charge in [0.05, 0.1) is 6.61 Å². The first-order valence-corrected chi connectivity index (χ1v) is 16.6. The van der Waals surface area contributed by atoms with E-state index in [2.05, 4.69) is 13.8 Å². The summed E-state index contributed by atoms with van der Waals surface area (Å²) >= 11 is 0. The maximum Gasteiger partial charge on any atom is 0.255 e. The van der Waals surface area contributed by atoms with E-state index in [0.717, 1.165) is 30.1 Å². The van der Waals surface area contributed by atoms with Gasteiger partial charge >= 0.3 is 0 Å². The molecule has 0 heterocycles. The lowest BCUT2D eigenvalue weighted by Gasteiger charge is -2.41. The topological polar surface area (TPSA) is 9.23 Å². The Kier molecular flexibility index (Phi) is 14.5. The normalized spacial score (nSPS) is 25.4. The van der Waals surface area contributed by atoms with Crippen molar-refractivity contribution in [2.24, 2.45) is 17.8 Å². The van der Waals surface area contributed by atoms with Crippen LogP contribution in [-0.2, 0) is 0 Å². The van der Waals surface area contributed by atoms with Crippen LogP contribution in [0.25, 0.3) is 0 Å². The molecular weight excluding hydrogens is 474 g/mol. The minimum absolute atomic E-state index is 0.0844. The summed E-state index contributed by atoms with van der Waals surface area (Å²) in [6.07, 6.45) is 25.0. The minimum atomic E-state index is -2.60. The molecule has 0 amide bonds. The Hall–Kier alpha value is -1.12. The van der Waals surface area contributed by atoms with Crippen LogP contribution in [-0.4, -0.2) is 12.5 Å². The third-order valence-corrected chi connectivity index (χ3v) is 9.69. The Morgan fingerprint density at radius 3 is 1.82 bits per heavy atom. The number of ether oxygens (including phenoxy) is 1. The van der Waals surface area contributed by atoms with Crippen LogP contribution in [0.4, 0.5) is 8.78 Å². The number of rotatable bonds is 18. The van der Waals surface area contributed by atoms with Crippen molar-refractivity contribution >= 4 is 0 Å². The van der Waals surface area contributed by atoms with Crippen molar-refractivity contribution in [2.75, 3.05) is 6.61 Å². The van der Waals surface area contributed by atoms with Crippen molar-refractivity contribution in [2.45, 2.75) is 161 Å². The summed E-state index contributed by atoms with van der Waals surface area (Å²) in [5.41, 5.74) is 0.791. The second-order valence-corrected chi connectivity index (χ2v) is 12.7. The van der Waals surface area contributed by atoms with E-state index in [4.69, 9.17) is 4.74 Å². The molecule has 0 saturated heterocycles. The highest BCUT2D eigenvalue weighted by Crippen LogP contribution is 2.51. The molecule has 218 valence electrons. The van der Waals surface area contributed by atoms with Crippen LogP contribution in [0.15, 0.2) is 24.3 Å². The van der Waals surface area contributed by atoms with Crippen molar-refractivity contribution in [1.82, 2.24) is 0 Å². The summed E-state index contributed by atoms with van der Waals surface area (Å²) in [5.74, 6) is -0.850. The van der Waals surface area contributed by atoms with E-state index in [1.165, 1.54) is 109 Å². The Morgan fingerprint density at radius 1 is 0.658 bits per heavy atom. The van der Waals surface area contributed by atoms with E-state index in [1.807, 2.05) is 24.3 Å². The van der Waals surface area contributed by atoms with Crippen LogP contribution < -0.4 is 4.74 Å². The number of hydrogen-bond donors (Lipinski definition) is 0. The van der Waals surface area contributed by atoms with E-state index in [-0.39, 0.29) is 12.3 Å². The van der Waals surface area contributed by atoms with Crippen molar-refractivity contribution < 1.29 is 13.5 Å². The van der Waals surface area contributed by atoms with Gasteiger partial charge in [0.2, 0.25) is 0 Å². The molecule has 2 fully saturated rings. The summed E-state index contributed by atoms with van der Waals surface area (Å²) in [5, 5.41) is 0. The fourth-order valence-corrected chi connectivity index (χ4v) is 7.21. The van der Waals surface area contributed by atoms with Gasteiger partial charge in [-0.1, -0.05) is 122 Å². The third kappa shape index (κ3) is 10.8. The van der Waals surface area contributed by atoms with E-state index in [0.29, 0.717) is 18.9 Å². The maximum absolute atomic E-state index is 15.4. The van der Waals surface area contributed by atoms with E-state index in [1.54, 1.807) is 0 Å². The SMILES string of the molecule is CCCCCCCCCC1CCC([C@H]2CC[C@H](c3ccc(OCCCCCCCC)cc3)C(F)(F)C2)CC1. The van der Waals surface area contributed by atoms with Crippen LogP contribution in [0.3, 0.4) is 0 Å². The number of unbranched alkanes of at least 4 members (excludes halogenated alkanes) is 11. The minimum Gasteiger partial charge on any atom is -0.494 e. The lowest BCUT2D eigenvalue weighted by atomic mass is 9.66. The van der Waals surface area contributed by atoms with Gasteiger partial charge in [-0.15, -0.1) is 0 Å². The zero-order chi connectivity index (χ0) is 27.1. The molecule has 38 heavy (non-hydrogen) atoms. The molecular formula is C35H58F2O. The molecule has 2 atom stereocenters. The highest BCUT2D eigenvalue weighted by molar-refractivity contribution is 5.31. The Morgan fingerprint density at radius 2 is 1.21 bits per heavy atom. The predicted octanol–water partition coefficient (Wildman–Crippen LogP) is 11.9. The van der Waals surface area contributed by atoms with Gasteiger partial charge in [0, 0.05) is 12.3 Å². The summed E-state index contributed by atoms with van der Waals surface area (Å²) in [6.45, 7) is 5.22.